The maximum absolute atomic E-state index is 11.4. The third-order valence-electron chi connectivity index (χ3n) is 2.91. The number of carboxylic acids is 1. The van der Waals surface area contributed by atoms with Crippen LogP contribution in [0.5, 0.6) is 0 Å². The van der Waals surface area contributed by atoms with Gasteiger partial charge in [-0.05, 0) is 6.42 Å². The molecule has 1 N–H and O–H groups in total. The summed E-state index contributed by atoms with van der Waals surface area (Å²) in [5, 5.41) is 8.90. The molecule has 18 heavy (non-hydrogen) atoms. The molecule has 1 aliphatic rings. The first-order chi connectivity index (χ1) is 8.46. The Morgan fingerprint density at radius 3 is 2.89 bits per heavy atom. The van der Waals surface area contributed by atoms with Gasteiger partial charge in [-0.2, -0.15) is 0 Å². The summed E-state index contributed by atoms with van der Waals surface area (Å²) in [5.41, 5.74) is 1.68. The molecule has 0 spiro atoms. The highest BCUT2D eigenvalue weighted by Crippen LogP contribution is 2.20. The molecule has 0 aliphatic carbocycles. The van der Waals surface area contributed by atoms with Gasteiger partial charge in [0, 0.05) is 23.7 Å². The van der Waals surface area contributed by atoms with Gasteiger partial charge in [0.15, 0.2) is 9.84 Å². The van der Waals surface area contributed by atoms with E-state index in [-0.39, 0.29) is 24.1 Å². The zero-order chi connectivity index (χ0) is 13.2. The molecule has 1 saturated heterocycles. The Balaban J connectivity index is 2.08. The van der Waals surface area contributed by atoms with Gasteiger partial charge in [-0.3, -0.25) is 14.7 Å². The van der Waals surface area contributed by atoms with Gasteiger partial charge in [0.25, 0.3) is 0 Å². The summed E-state index contributed by atoms with van der Waals surface area (Å²) < 4.78 is 22.9. The molecule has 1 atom stereocenters. The normalized spacial score (nSPS) is 22.4. The Bertz CT molecular complexity index is 512. The van der Waals surface area contributed by atoms with Gasteiger partial charge >= 0.3 is 5.97 Å². The fourth-order valence-corrected chi connectivity index (χ4v) is 4.45. The lowest BCUT2D eigenvalue weighted by Crippen LogP contribution is -2.39. The van der Waals surface area contributed by atoms with Gasteiger partial charge in [0.1, 0.15) is 0 Å². The van der Waals surface area contributed by atoms with Gasteiger partial charge in [0.2, 0.25) is 0 Å². The molecule has 100 valence electrons. The fourth-order valence-electron chi connectivity index (χ4n) is 2.07. The first-order valence-corrected chi connectivity index (χ1v) is 8.20. The highest BCUT2D eigenvalue weighted by atomic mass is 32.2. The lowest BCUT2D eigenvalue weighted by atomic mass is 10.2. The van der Waals surface area contributed by atoms with Gasteiger partial charge in [-0.15, -0.1) is 11.3 Å². The third kappa shape index (κ3) is 3.50. The monoisotopic (exact) mass is 290 g/mol. The van der Waals surface area contributed by atoms with Crippen LogP contribution in [0.25, 0.3) is 0 Å². The number of carboxylic acid groups (broad SMARTS) is 1. The lowest BCUT2D eigenvalue weighted by Gasteiger charge is -2.25. The Morgan fingerprint density at radius 1 is 1.61 bits per heavy atom. The number of aromatic nitrogens is 1. The smallest absolute Gasteiger partial charge is 0.317 e. The van der Waals surface area contributed by atoms with E-state index in [9.17, 15) is 13.2 Å². The van der Waals surface area contributed by atoms with E-state index in [0.717, 1.165) is 4.88 Å². The molecule has 1 unspecified atom stereocenters. The number of hydrogen-bond donors (Lipinski definition) is 1. The molecule has 0 bridgehead atoms. The van der Waals surface area contributed by atoms with Crippen LogP contribution in [-0.2, 0) is 21.2 Å². The molecular formula is C10H14N2O4S2. The second kappa shape index (κ2) is 5.33. The van der Waals surface area contributed by atoms with Crippen molar-refractivity contribution < 1.29 is 18.3 Å². The largest absolute Gasteiger partial charge is 0.480 e. The number of thiazole rings is 1. The Kier molecular flexibility index (Phi) is 3.98. The molecule has 2 rings (SSSR count). The minimum Gasteiger partial charge on any atom is -0.480 e. The van der Waals surface area contributed by atoms with Crippen LogP contribution in [0.1, 0.15) is 11.3 Å². The first kappa shape index (κ1) is 13.4. The lowest BCUT2D eigenvalue weighted by molar-refractivity contribution is -0.139. The van der Waals surface area contributed by atoms with E-state index in [0.29, 0.717) is 13.0 Å². The fraction of sp³-hybridized carbons (Fsp3) is 0.600. The quantitative estimate of drug-likeness (QED) is 0.834. The molecule has 1 aliphatic heterocycles. The number of carbonyl (C=O) groups is 1. The summed E-state index contributed by atoms with van der Waals surface area (Å²) in [6.45, 7) is 0.301. The SMILES string of the molecule is O=C(O)CN(Cc1cncs1)C1CCS(=O)(=O)C1. The summed E-state index contributed by atoms with van der Waals surface area (Å²) in [7, 11) is -3.00. The highest BCUT2D eigenvalue weighted by Gasteiger charge is 2.33. The van der Waals surface area contributed by atoms with Gasteiger partial charge < -0.3 is 5.11 Å². The topological polar surface area (TPSA) is 87.6 Å². The maximum Gasteiger partial charge on any atom is 0.317 e. The molecule has 8 heteroatoms. The van der Waals surface area contributed by atoms with Crippen LogP contribution in [0.2, 0.25) is 0 Å². The van der Waals surface area contributed by atoms with Crippen LogP contribution in [0.3, 0.4) is 0 Å². The zero-order valence-electron chi connectivity index (χ0n) is 9.65. The summed E-state index contributed by atoms with van der Waals surface area (Å²) in [6.07, 6.45) is 2.19. The predicted octanol–water partition coefficient (Wildman–Crippen LogP) is 0.217. The standard InChI is InChI=1S/C10H14N2O4S2/c13-10(14)5-12(4-9-3-11-7-17-9)8-1-2-18(15,16)6-8/h3,7-8H,1-2,4-6H2,(H,13,14). The van der Waals surface area contributed by atoms with Crippen molar-refractivity contribution in [2.75, 3.05) is 18.1 Å². The molecule has 1 fully saturated rings. The van der Waals surface area contributed by atoms with Crippen LogP contribution < -0.4 is 0 Å². The molecule has 6 nitrogen and oxygen atoms in total. The number of nitrogens with zero attached hydrogens (tertiary/aromatic N) is 2. The van der Waals surface area contributed by atoms with E-state index in [1.165, 1.54) is 11.3 Å². The van der Waals surface area contributed by atoms with Crippen molar-refractivity contribution in [1.82, 2.24) is 9.88 Å². The second-order valence-corrected chi connectivity index (χ2v) is 7.52. The van der Waals surface area contributed by atoms with Gasteiger partial charge in [-0.1, -0.05) is 0 Å². The van der Waals surface area contributed by atoms with Crippen LogP contribution >= 0.6 is 11.3 Å². The Hall–Kier alpha value is -0.990. The molecule has 0 saturated carbocycles. The Labute approximate surface area is 109 Å². The summed E-state index contributed by atoms with van der Waals surface area (Å²) in [5.74, 6) is -0.737. The summed E-state index contributed by atoms with van der Waals surface area (Å²) in [6, 6.07) is -0.201. The average Bonchev–Trinajstić information content (AvgIpc) is 2.86. The van der Waals surface area contributed by atoms with Crippen molar-refractivity contribution in [1.29, 1.82) is 0 Å². The summed E-state index contributed by atoms with van der Waals surface area (Å²) >= 11 is 1.44. The number of aliphatic carboxylic acids is 1. The van der Waals surface area contributed by atoms with E-state index < -0.39 is 15.8 Å². The van der Waals surface area contributed by atoms with E-state index in [2.05, 4.69) is 4.98 Å². The van der Waals surface area contributed by atoms with Crippen LogP contribution in [0, 0.1) is 0 Å². The van der Waals surface area contributed by atoms with Crippen molar-refractivity contribution in [2.24, 2.45) is 0 Å². The molecule has 1 aromatic rings. The van der Waals surface area contributed by atoms with E-state index in [1.807, 2.05) is 0 Å². The zero-order valence-corrected chi connectivity index (χ0v) is 11.3. The van der Waals surface area contributed by atoms with Gasteiger partial charge in [-0.25, -0.2) is 8.42 Å². The van der Waals surface area contributed by atoms with Crippen molar-refractivity contribution in [3.63, 3.8) is 0 Å². The van der Waals surface area contributed by atoms with Crippen molar-refractivity contribution in [2.45, 2.75) is 19.0 Å². The van der Waals surface area contributed by atoms with Crippen molar-refractivity contribution in [3.8, 4) is 0 Å². The van der Waals surface area contributed by atoms with Crippen LogP contribution in [0.4, 0.5) is 0 Å². The predicted molar refractivity (Wildman–Crippen MR) is 67.2 cm³/mol. The molecule has 1 aromatic heterocycles. The minimum atomic E-state index is -3.00. The molecule has 0 amide bonds. The van der Waals surface area contributed by atoms with E-state index in [1.54, 1.807) is 16.6 Å². The van der Waals surface area contributed by atoms with E-state index in [4.69, 9.17) is 5.11 Å². The van der Waals surface area contributed by atoms with Crippen LogP contribution in [-0.4, -0.2) is 53.5 Å². The number of hydrogen-bond acceptors (Lipinski definition) is 6. The molecule has 2 heterocycles. The summed E-state index contributed by atoms with van der Waals surface area (Å²) in [4.78, 5) is 17.4. The highest BCUT2D eigenvalue weighted by molar-refractivity contribution is 7.91. The molecule has 0 radical (unpaired) electrons. The molecular weight excluding hydrogens is 276 g/mol. The van der Waals surface area contributed by atoms with Crippen LogP contribution in [0.15, 0.2) is 11.7 Å². The van der Waals surface area contributed by atoms with E-state index >= 15 is 0 Å². The third-order valence-corrected chi connectivity index (χ3v) is 5.42. The maximum atomic E-state index is 11.4. The second-order valence-electron chi connectivity index (χ2n) is 4.32. The Morgan fingerprint density at radius 2 is 2.39 bits per heavy atom. The van der Waals surface area contributed by atoms with Crippen molar-refractivity contribution >= 4 is 27.1 Å². The van der Waals surface area contributed by atoms with Gasteiger partial charge in [0.05, 0.1) is 23.6 Å². The number of sulfone groups is 1. The first-order valence-electron chi connectivity index (χ1n) is 5.50. The minimum absolute atomic E-state index is 0.0546. The van der Waals surface area contributed by atoms with Crippen molar-refractivity contribution in [3.05, 3.63) is 16.6 Å². The average molecular weight is 290 g/mol. The number of rotatable bonds is 5. The molecule has 0 aromatic carbocycles.